The Bertz CT molecular complexity index is 1360. The highest BCUT2D eigenvalue weighted by atomic mass is 32.2. The minimum atomic E-state index is -4.80. The fourth-order valence-electron chi connectivity index (χ4n) is 3.19. The largest absolute Gasteiger partial charge is 0.573 e. The van der Waals surface area contributed by atoms with E-state index >= 15 is 0 Å². The summed E-state index contributed by atoms with van der Waals surface area (Å²) in [6, 6.07) is 12.6. The monoisotopic (exact) mass is 523 g/mol. The van der Waals surface area contributed by atoms with E-state index in [1.54, 1.807) is 12.1 Å². The maximum absolute atomic E-state index is 13.2. The van der Waals surface area contributed by atoms with Crippen molar-refractivity contribution in [3.05, 3.63) is 90.0 Å². The van der Waals surface area contributed by atoms with E-state index in [2.05, 4.69) is 15.0 Å². The highest BCUT2D eigenvalue weighted by Crippen LogP contribution is 2.26. The van der Waals surface area contributed by atoms with Gasteiger partial charge in [0.15, 0.2) is 0 Å². The number of nitrogens with zero attached hydrogens (tertiary/aromatic N) is 2. The van der Waals surface area contributed by atoms with Crippen molar-refractivity contribution in [2.24, 2.45) is 0 Å². The van der Waals surface area contributed by atoms with Gasteiger partial charge in [-0.1, -0.05) is 6.08 Å². The van der Waals surface area contributed by atoms with Crippen LogP contribution in [0.2, 0.25) is 0 Å². The summed E-state index contributed by atoms with van der Waals surface area (Å²) in [6.45, 7) is 1.52. The van der Waals surface area contributed by atoms with E-state index in [1.807, 2.05) is 0 Å². The zero-order valence-corrected chi connectivity index (χ0v) is 19.9. The summed E-state index contributed by atoms with van der Waals surface area (Å²) in [4.78, 5) is 16.8. The van der Waals surface area contributed by atoms with Gasteiger partial charge in [-0.2, -0.15) is 0 Å². The van der Waals surface area contributed by atoms with Crippen molar-refractivity contribution >= 4 is 15.9 Å². The summed E-state index contributed by atoms with van der Waals surface area (Å²) in [5, 5.41) is 2.63. The molecule has 0 bridgehead atoms. The lowest BCUT2D eigenvalue weighted by Crippen LogP contribution is -2.36. The normalized spacial score (nSPS) is 12.2. The van der Waals surface area contributed by atoms with Crippen molar-refractivity contribution in [1.82, 2.24) is 14.6 Å². The van der Waals surface area contributed by atoms with Gasteiger partial charge in [-0.3, -0.25) is 14.1 Å². The highest BCUT2D eigenvalue weighted by Gasteiger charge is 2.31. The minimum Gasteiger partial charge on any atom is -0.406 e. The van der Waals surface area contributed by atoms with Crippen LogP contribution in [0.4, 0.5) is 17.6 Å². The van der Waals surface area contributed by atoms with E-state index in [9.17, 15) is 30.8 Å². The number of carbonyl (C=O) groups excluding carboxylic acids is 1. The van der Waals surface area contributed by atoms with Gasteiger partial charge in [0.05, 0.1) is 10.6 Å². The van der Waals surface area contributed by atoms with Crippen molar-refractivity contribution in [1.29, 1.82) is 0 Å². The van der Waals surface area contributed by atoms with Crippen molar-refractivity contribution in [3.8, 4) is 17.0 Å². The average Bonchev–Trinajstić information content (AvgIpc) is 2.83. The number of likely N-dealkylation sites (N-methyl/N-ethyl adjacent to an activating group) is 1. The van der Waals surface area contributed by atoms with Crippen LogP contribution in [0.15, 0.2) is 83.5 Å². The topological polar surface area (TPSA) is 88.6 Å². The van der Waals surface area contributed by atoms with Crippen LogP contribution in [0, 0.1) is 5.82 Å². The molecule has 1 N–H and O–H groups in total. The maximum atomic E-state index is 13.2. The van der Waals surface area contributed by atoms with Crippen molar-refractivity contribution < 1.29 is 35.5 Å². The predicted octanol–water partition coefficient (Wildman–Crippen LogP) is 4.63. The molecule has 3 rings (SSSR count). The fraction of sp³-hybridized carbons (Fsp3) is 0.167. The second kappa shape index (κ2) is 10.8. The molecule has 1 heterocycles. The Morgan fingerprint density at radius 2 is 1.72 bits per heavy atom. The van der Waals surface area contributed by atoms with Crippen LogP contribution < -0.4 is 10.1 Å². The molecule has 0 aliphatic heterocycles. The number of nitrogens with one attached hydrogen (secondary N) is 1. The number of benzene rings is 2. The summed E-state index contributed by atoms with van der Waals surface area (Å²) in [5.74, 6) is -1.63. The third kappa shape index (κ3) is 6.60. The van der Waals surface area contributed by atoms with E-state index in [4.69, 9.17) is 0 Å². The van der Waals surface area contributed by atoms with Crippen molar-refractivity contribution in [3.63, 3.8) is 0 Å². The molecule has 36 heavy (non-hydrogen) atoms. The van der Waals surface area contributed by atoms with Crippen LogP contribution in [0.5, 0.6) is 5.75 Å². The summed E-state index contributed by atoms with van der Waals surface area (Å²) < 4.78 is 80.5. The fourth-order valence-corrected chi connectivity index (χ4v) is 4.44. The molecule has 0 unspecified atom stereocenters. The summed E-state index contributed by atoms with van der Waals surface area (Å²) in [5.41, 5.74) is 1.44. The van der Waals surface area contributed by atoms with Gasteiger partial charge >= 0.3 is 6.36 Å². The van der Waals surface area contributed by atoms with Crippen molar-refractivity contribution in [2.75, 3.05) is 7.05 Å². The Labute approximate surface area is 205 Å². The predicted molar refractivity (Wildman–Crippen MR) is 123 cm³/mol. The van der Waals surface area contributed by atoms with Crippen LogP contribution in [-0.2, 0) is 21.4 Å². The molecular formula is C24H21F4N3O4S. The first-order valence-corrected chi connectivity index (χ1v) is 11.8. The SMILES string of the molecule is CC=C(C(=O)NCc1ccnc(-c2ccc(OC(F)(F)F)cc2)c1)N(C)S(=O)(=O)c1ccc(F)cc1. The van der Waals surface area contributed by atoms with Crippen molar-refractivity contribution in [2.45, 2.75) is 24.7 Å². The lowest BCUT2D eigenvalue weighted by molar-refractivity contribution is -0.274. The number of sulfonamides is 1. The minimum absolute atomic E-state index is 0.0192. The summed E-state index contributed by atoms with van der Waals surface area (Å²) in [6.07, 6.45) is -1.99. The molecule has 0 radical (unpaired) electrons. The summed E-state index contributed by atoms with van der Waals surface area (Å²) >= 11 is 0. The number of ether oxygens (including phenoxy) is 1. The number of pyridine rings is 1. The Hall–Kier alpha value is -3.93. The number of alkyl halides is 3. The first-order chi connectivity index (χ1) is 16.9. The Kier molecular flexibility index (Phi) is 7.98. The lowest BCUT2D eigenvalue weighted by Gasteiger charge is -2.22. The number of rotatable bonds is 8. The number of hydrogen-bond acceptors (Lipinski definition) is 5. The zero-order chi connectivity index (χ0) is 26.5. The van der Waals surface area contributed by atoms with Gasteiger partial charge in [0.2, 0.25) is 0 Å². The molecule has 0 aliphatic rings. The number of hydrogen-bond donors (Lipinski definition) is 1. The number of aromatic nitrogens is 1. The number of halogens is 4. The van der Waals surface area contributed by atoms with Gasteiger partial charge < -0.3 is 10.1 Å². The second-order valence-corrected chi connectivity index (χ2v) is 9.37. The average molecular weight is 524 g/mol. The van der Waals surface area contributed by atoms with Crippen LogP contribution in [0.1, 0.15) is 12.5 Å². The number of carbonyl (C=O) groups is 1. The molecule has 0 spiro atoms. The van der Waals surface area contributed by atoms with E-state index in [0.717, 1.165) is 40.7 Å². The molecule has 12 heteroatoms. The molecule has 0 atom stereocenters. The first kappa shape index (κ1) is 26.7. The van der Waals surface area contributed by atoms with Gasteiger partial charge in [-0.05, 0) is 73.2 Å². The molecule has 3 aromatic rings. The van der Waals surface area contributed by atoms with Gasteiger partial charge in [0.25, 0.3) is 15.9 Å². The molecule has 0 saturated heterocycles. The third-order valence-corrected chi connectivity index (χ3v) is 6.76. The summed E-state index contributed by atoms with van der Waals surface area (Å²) in [7, 11) is -2.89. The quantitative estimate of drug-likeness (QED) is 0.344. The Morgan fingerprint density at radius 1 is 1.08 bits per heavy atom. The van der Waals surface area contributed by atoms with E-state index in [-0.39, 0.29) is 22.9 Å². The van der Waals surface area contributed by atoms with Gasteiger partial charge in [-0.25, -0.2) is 12.8 Å². The molecular weight excluding hydrogens is 502 g/mol. The molecule has 1 aromatic heterocycles. The maximum Gasteiger partial charge on any atom is 0.573 e. The number of allylic oxidation sites excluding steroid dienone is 1. The molecule has 1 amide bonds. The molecule has 0 saturated carbocycles. The standard InChI is InChI=1S/C24H21F4N3O4S/c1-3-22(31(2)36(33,34)20-10-6-18(25)7-11-20)23(32)30-15-16-12-13-29-21(14-16)17-4-8-19(9-5-17)35-24(26,27)28/h3-14H,15H2,1-2H3,(H,30,32). The second-order valence-electron chi connectivity index (χ2n) is 7.40. The molecule has 2 aromatic carbocycles. The smallest absolute Gasteiger partial charge is 0.406 e. The van der Waals surface area contributed by atoms with Crippen LogP contribution >= 0.6 is 0 Å². The Morgan fingerprint density at radius 3 is 2.31 bits per heavy atom. The van der Waals surface area contributed by atoms with Gasteiger partial charge in [0, 0.05) is 25.4 Å². The van der Waals surface area contributed by atoms with Gasteiger partial charge in [0.1, 0.15) is 17.3 Å². The third-order valence-electron chi connectivity index (χ3n) is 4.98. The van der Waals surface area contributed by atoms with E-state index in [1.165, 1.54) is 38.4 Å². The molecule has 0 fully saturated rings. The number of amides is 1. The highest BCUT2D eigenvalue weighted by molar-refractivity contribution is 7.89. The van der Waals surface area contributed by atoms with E-state index < -0.39 is 28.1 Å². The van der Waals surface area contributed by atoms with Crippen LogP contribution in [0.3, 0.4) is 0 Å². The molecule has 7 nitrogen and oxygen atoms in total. The van der Waals surface area contributed by atoms with Gasteiger partial charge in [-0.15, -0.1) is 13.2 Å². The van der Waals surface area contributed by atoms with E-state index in [0.29, 0.717) is 16.8 Å². The zero-order valence-electron chi connectivity index (χ0n) is 19.1. The molecule has 0 aliphatic carbocycles. The Balaban J connectivity index is 1.69. The first-order valence-electron chi connectivity index (χ1n) is 10.4. The lowest BCUT2D eigenvalue weighted by atomic mass is 10.1. The van der Waals surface area contributed by atoms with Crippen LogP contribution in [-0.4, -0.2) is 37.0 Å². The molecule has 190 valence electrons. The van der Waals surface area contributed by atoms with Crippen LogP contribution in [0.25, 0.3) is 11.3 Å².